The van der Waals surface area contributed by atoms with Crippen LogP contribution in [0, 0.1) is 0 Å². The third-order valence-corrected chi connectivity index (χ3v) is 16.7. The number of aliphatic hydroxyl groups excluding tert-OH is 1. The molecule has 0 aliphatic carbocycles. The van der Waals surface area contributed by atoms with Gasteiger partial charge in [0.25, 0.3) is 0 Å². The van der Waals surface area contributed by atoms with E-state index >= 15 is 0 Å². The molecule has 5 atom stereocenters. The molecule has 0 rings (SSSR count). The maximum Gasteiger partial charge on any atom is 0.472 e. The van der Waals surface area contributed by atoms with Gasteiger partial charge < -0.3 is 33.8 Å². The molecule has 0 aromatic rings. The Hall–Kier alpha value is -5.06. The normalized spacial score (nSPS) is 14.8. The van der Waals surface area contributed by atoms with Crippen LogP contribution in [0.3, 0.4) is 0 Å². The highest BCUT2D eigenvalue weighted by molar-refractivity contribution is 7.47. The van der Waals surface area contributed by atoms with Crippen molar-refractivity contribution in [2.75, 3.05) is 39.6 Å². The van der Waals surface area contributed by atoms with Crippen molar-refractivity contribution in [1.29, 1.82) is 0 Å². The van der Waals surface area contributed by atoms with Crippen LogP contribution in [-0.2, 0) is 65.4 Å². The predicted octanol–water partition coefficient (Wildman–Crippen LogP) is 21.1. The third kappa shape index (κ3) is 69.4. The van der Waals surface area contributed by atoms with Crippen molar-refractivity contribution in [3.63, 3.8) is 0 Å². The Morgan fingerprint density at radius 1 is 0.296 bits per heavy atom. The second-order valence-corrected chi connectivity index (χ2v) is 27.0. The number of carbonyl (C=O) groups is 4. The number of phosphoric acid groups is 2. The topological polar surface area (TPSA) is 237 Å². The fourth-order valence-electron chi connectivity index (χ4n) is 9.20. The van der Waals surface area contributed by atoms with Gasteiger partial charge in [-0.25, -0.2) is 9.13 Å². The average molecular weight is 1410 g/mol. The lowest BCUT2D eigenvalue weighted by atomic mass is 10.1. The number of phosphoric ester groups is 2. The predicted molar refractivity (Wildman–Crippen MR) is 399 cm³/mol. The first-order chi connectivity index (χ1) is 47.7. The summed E-state index contributed by atoms with van der Waals surface area (Å²) in [6.45, 7) is 4.41. The Labute approximate surface area is 592 Å². The van der Waals surface area contributed by atoms with Gasteiger partial charge in [-0.15, -0.1) is 0 Å². The lowest BCUT2D eigenvalue weighted by molar-refractivity contribution is -0.161. The lowest BCUT2D eigenvalue weighted by Crippen LogP contribution is -2.30. The molecule has 98 heavy (non-hydrogen) atoms. The van der Waals surface area contributed by atoms with Gasteiger partial charge >= 0.3 is 39.5 Å². The first-order valence-electron chi connectivity index (χ1n) is 37.1. The molecule has 5 unspecified atom stereocenters. The molecule has 0 heterocycles. The minimum absolute atomic E-state index is 0.00372. The number of rotatable bonds is 68. The van der Waals surface area contributed by atoms with Crippen LogP contribution in [0.15, 0.2) is 146 Å². The Morgan fingerprint density at radius 2 is 0.571 bits per heavy atom. The highest BCUT2D eigenvalue weighted by Crippen LogP contribution is 2.45. The second kappa shape index (κ2) is 70.4. The van der Waals surface area contributed by atoms with E-state index in [1.54, 1.807) is 0 Å². The van der Waals surface area contributed by atoms with E-state index in [1.807, 2.05) is 30.4 Å². The number of allylic oxidation sites excluding steroid dienone is 24. The third-order valence-electron chi connectivity index (χ3n) is 14.8. The first-order valence-corrected chi connectivity index (χ1v) is 40.1. The van der Waals surface area contributed by atoms with Gasteiger partial charge in [0.2, 0.25) is 0 Å². The fourth-order valence-corrected chi connectivity index (χ4v) is 10.8. The van der Waals surface area contributed by atoms with Crippen LogP contribution >= 0.6 is 15.6 Å². The van der Waals surface area contributed by atoms with E-state index in [2.05, 4.69) is 143 Å². The number of hydrogen-bond acceptors (Lipinski definition) is 15. The minimum atomic E-state index is -5.01. The summed E-state index contributed by atoms with van der Waals surface area (Å²) < 4.78 is 68.2. The molecule has 0 amide bonds. The van der Waals surface area contributed by atoms with E-state index in [4.69, 9.17) is 37.0 Å². The van der Waals surface area contributed by atoms with Gasteiger partial charge in [0.1, 0.15) is 19.3 Å². The van der Waals surface area contributed by atoms with Crippen molar-refractivity contribution in [2.45, 2.75) is 290 Å². The maximum absolute atomic E-state index is 13.1. The SMILES string of the molecule is CC/C=C\C/C=C\C/C=C\C/C=C\C/C=C\C/C=C\CCC(=O)OCC(COP(=O)(O)OCC(O)COP(=O)(O)OCC(COC(=O)CCCCCCC/C=C\CCCC)OC(=O)CCCCCCCCCCCCC)OC(=O)CCC/C=C\C/C=C\C/C=C\C/C=C\C/C=C\CC. The zero-order chi connectivity index (χ0) is 71.8. The molecule has 0 aliphatic heterocycles. The average Bonchev–Trinajstić information content (AvgIpc) is 0.979. The van der Waals surface area contributed by atoms with E-state index < -0.39 is 97.5 Å². The second-order valence-electron chi connectivity index (χ2n) is 24.1. The van der Waals surface area contributed by atoms with Gasteiger partial charge in [0.05, 0.1) is 26.4 Å². The summed E-state index contributed by atoms with van der Waals surface area (Å²) in [7, 11) is -9.99. The number of esters is 4. The standard InChI is InChI=1S/C79H130O17P2/c1-5-9-13-17-21-25-29-31-33-35-36-38-39-41-45-48-52-56-60-64-77(82)90-70-75(96-79(84)66-62-58-54-50-46-42-40-37-34-32-30-26-22-18-14-10-6-2)72-94-98(87,88)92-68-73(80)67-91-97(85,86)93-71-74(95-78(83)65-61-57-53-49-44-28-24-20-16-12-8-4)69-89-76(81)63-59-55-51-47-43-27-23-19-15-11-7-3/h9-10,13-14,19,21-23,25-26,31-34,36,38,40-42,45,50,52,54,56,73-75,80H,5-8,11-12,15-18,20,24,27-30,35,37,39,43-44,46-49,51,53,55,57-72H2,1-4H3,(H,85,86)(H,87,88)/b13-9-,14-10-,23-19-,25-21-,26-22-,33-31-,34-32-,38-36-,42-40-,45-41-,54-50-,56-52-. The van der Waals surface area contributed by atoms with Crippen LogP contribution in [0.1, 0.15) is 272 Å². The van der Waals surface area contributed by atoms with E-state index in [0.29, 0.717) is 38.5 Å². The summed E-state index contributed by atoms with van der Waals surface area (Å²) >= 11 is 0. The molecular formula is C79H130O17P2. The van der Waals surface area contributed by atoms with Gasteiger partial charge in [-0.3, -0.25) is 37.3 Å². The molecule has 17 nitrogen and oxygen atoms in total. The summed E-state index contributed by atoms with van der Waals surface area (Å²) in [5.74, 6) is -2.36. The van der Waals surface area contributed by atoms with Crippen molar-refractivity contribution in [3.8, 4) is 0 Å². The molecule has 0 saturated carbocycles. The van der Waals surface area contributed by atoms with Crippen LogP contribution in [0.4, 0.5) is 0 Å². The van der Waals surface area contributed by atoms with Gasteiger partial charge in [-0.1, -0.05) is 270 Å². The van der Waals surface area contributed by atoms with Gasteiger partial charge in [0, 0.05) is 25.7 Å². The molecule has 0 aromatic carbocycles. The van der Waals surface area contributed by atoms with Gasteiger partial charge in [-0.05, 0) is 122 Å². The minimum Gasteiger partial charge on any atom is -0.462 e. The van der Waals surface area contributed by atoms with Crippen molar-refractivity contribution in [2.24, 2.45) is 0 Å². The van der Waals surface area contributed by atoms with Crippen molar-refractivity contribution in [1.82, 2.24) is 0 Å². The Balaban J connectivity index is 5.46. The lowest BCUT2D eigenvalue weighted by Gasteiger charge is -2.21. The molecule has 0 fully saturated rings. The van der Waals surface area contributed by atoms with E-state index in [1.165, 1.54) is 51.4 Å². The van der Waals surface area contributed by atoms with E-state index in [0.717, 1.165) is 128 Å². The zero-order valence-corrected chi connectivity index (χ0v) is 62.4. The molecule has 19 heteroatoms. The van der Waals surface area contributed by atoms with Gasteiger partial charge in [0.15, 0.2) is 12.2 Å². The highest BCUT2D eigenvalue weighted by Gasteiger charge is 2.30. The van der Waals surface area contributed by atoms with Crippen LogP contribution in [0.2, 0.25) is 0 Å². The molecule has 0 aliphatic rings. The number of aliphatic hydroxyl groups is 1. The molecule has 558 valence electrons. The number of ether oxygens (including phenoxy) is 4. The Morgan fingerprint density at radius 3 is 0.959 bits per heavy atom. The largest absolute Gasteiger partial charge is 0.472 e. The quantitative estimate of drug-likeness (QED) is 0.0169. The molecule has 0 spiro atoms. The zero-order valence-electron chi connectivity index (χ0n) is 60.7. The van der Waals surface area contributed by atoms with Crippen molar-refractivity contribution < 1.29 is 80.2 Å². The summed E-state index contributed by atoms with van der Waals surface area (Å²) in [6.07, 6.45) is 78.8. The molecular weight excluding hydrogens is 1280 g/mol. The highest BCUT2D eigenvalue weighted by atomic mass is 31.2. The first kappa shape index (κ1) is 92.9. The maximum atomic E-state index is 13.1. The summed E-state index contributed by atoms with van der Waals surface area (Å²) in [5.41, 5.74) is 0. The van der Waals surface area contributed by atoms with Crippen LogP contribution < -0.4 is 0 Å². The van der Waals surface area contributed by atoms with Crippen LogP contribution in [-0.4, -0.2) is 96.7 Å². The molecule has 0 aromatic heterocycles. The monoisotopic (exact) mass is 1410 g/mol. The van der Waals surface area contributed by atoms with E-state index in [9.17, 15) is 43.2 Å². The van der Waals surface area contributed by atoms with Gasteiger partial charge in [-0.2, -0.15) is 0 Å². The Kier molecular flexibility index (Phi) is 66.7. The summed E-state index contributed by atoms with van der Waals surface area (Å²) in [5, 5.41) is 10.6. The summed E-state index contributed by atoms with van der Waals surface area (Å²) in [4.78, 5) is 72.6. The molecule has 0 radical (unpaired) electrons. The smallest absolute Gasteiger partial charge is 0.462 e. The van der Waals surface area contributed by atoms with E-state index in [-0.39, 0.29) is 25.7 Å². The van der Waals surface area contributed by atoms with Crippen LogP contribution in [0.25, 0.3) is 0 Å². The Bertz CT molecular complexity index is 2430. The summed E-state index contributed by atoms with van der Waals surface area (Å²) in [6, 6.07) is 0. The van der Waals surface area contributed by atoms with Crippen LogP contribution in [0.5, 0.6) is 0 Å². The molecule has 3 N–H and O–H groups in total. The number of unbranched alkanes of at least 4 members (excludes halogenated alkanes) is 18. The number of carbonyl (C=O) groups excluding carboxylic acids is 4. The number of hydrogen-bond donors (Lipinski definition) is 3. The molecule has 0 bridgehead atoms. The fraction of sp³-hybridized carbons (Fsp3) is 0.646. The molecule has 0 saturated heterocycles. The van der Waals surface area contributed by atoms with Crippen molar-refractivity contribution >= 4 is 39.5 Å². The van der Waals surface area contributed by atoms with Crippen molar-refractivity contribution in [3.05, 3.63) is 146 Å².